The molecule has 3 heteroatoms. The lowest BCUT2D eigenvalue weighted by atomic mass is 9.58. The highest BCUT2D eigenvalue weighted by Crippen LogP contribution is 2.49. The third-order valence-corrected chi connectivity index (χ3v) is 5.51. The molecule has 3 rings (SSSR count). The zero-order chi connectivity index (χ0) is 14.0. The van der Waals surface area contributed by atoms with E-state index in [2.05, 4.69) is 30.4 Å². The minimum Gasteiger partial charge on any atom is -0.497 e. The fourth-order valence-corrected chi connectivity index (χ4v) is 4.37. The SMILES string of the molecule is Br.CCCCC12CCNCC1CCc1ccc(OC)cc12. The van der Waals surface area contributed by atoms with Crippen LogP contribution in [0.2, 0.25) is 0 Å². The number of halogens is 1. The van der Waals surface area contributed by atoms with Gasteiger partial charge >= 0.3 is 0 Å². The second kappa shape index (κ2) is 7.15. The minimum atomic E-state index is 0. The van der Waals surface area contributed by atoms with Gasteiger partial charge in [0.25, 0.3) is 0 Å². The van der Waals surface area contributed by atoms with Crippen LogP contribution in [0, 0.1) is 5.92 Å². The smallest absolute Gasteiger partial charge is 0.119 e. The van der Waals surface area contributed by atoms with Crippen LogP contribution < -0.4 is 10.1 Å². The van der Waals surface area contributed by atoms with Crippen LogP contribution in [0.4, 0.5) is 0 Å². The first-order valence-corrected chi connectivity index (χ1v) is 8.18. The van der Waals surface area contributed by atoms with Crippen LogP contribution in [0.1, 0.15) is 50.2 Å². The summed E-state index contributed by atoms with van der Waals surface area (Å²) in [5, 5.41) is 3.61. The number of piperidine rings is 1. The van der Waals surface area contributed by atoms with E-state index in [0.717, 1.165) is 18.2 Å². The summed E-state index contributed by atoms with van der Waals surface area (Å²) >= 11 is 0. The average Bonchev–Trinajstić information content (AvgIpc) is 2.52. The number of hydrogen-bond acceptors (Lipinski definition) is 2. The lowest BCUT2D eigenvalue weighted by Gasteiger charge is -2.49. The highest BCUT2D eigenvalue weighted by molar-refractivity contribution is 8.93. The first-order chi connectivity index (χ1) is 9.80. The predicted octanol–water partition coefficient (Wildman–Crippen LogP) is 4.26. The van der Waals surface area contributed by atoms with Crippen molar-refractivity contribution in [2.75, 3.05) is 20.2 Å². The third kappa shape index (κ3) is 3.00. The molecular formula is C18H28BrNO. The lowest BCUT2D eigenvalue weighted by molar-refractivity contribution is 0.158. The van der Waals surface area contributed by atoms with Gasteiger partial charge in [-0.2, -0.15) is 0 Å². The summed E-state index contributed by atoms with van der Waals surface area (Å²) in [6, 6.07) is 6.77. The molecule has 2 unspecified atom stereocenters. The Morgan fingerprint density at radius 2 is 2.24 bits per heavy atom. The monoisotopic (exact) mass is 353 g/mol. The van der Waals surface area contributed by atoms with Gasteiger partial charge in [0.2, 0.25) is 0 Å². The summed E-state index contributed by atoms with van der Waals surface area (Å²) < 4.78 is 5.49. The summed E-state index contributed by atoms with van der Waals surface area (Å²) in [7, 11) is 1.78. The van der Waals surface area contributed by atoms with Gasteiger partial charge in [-0.15, -0.1) is 17.0 Å². The van der Waals surface area contributed by atoms with Crippen LogP contribution in [-0.2, 0) is 11.8 Å². The molecule has 2 nitrogen and oxygen atoms in total. The molecule has 0 amide bonds. The Morgan fingerprint density at radius 3 is 3.00 bits per heavy atom. The number of rotatable bonds is 4. The molecule has 0 spiro atoms. The Hall–Kier alpha value is -0.540. The predicted molar refractivity (Wildman–Crippen MR) is 93.8 cm³/mol. The number of methoxy groups -OCH3 is 1. The van der Waals surface area contributed by atoms with E-state index >= 15 is 0 Å². The maximum absolute atomic E-state index is 5.49. The van der Waals surface area contributed by atoms with E-state index in [-0.39, 0.29) is 17.0 Å². The molecular weight excluding hydrogens is 326 g/mol. The molecule has 0 bridgehead atoms. The topological polar surface area (TPSA) is 21.3 Å². The molecule has 2 aliphatic rings. The fourth-order valence-electron chi connectivity index (χ4n) is 4.37. The maximum atomic E-state index is 5.49. The molecule has 1 aliphatic carbocycles. The fraction of sp³-hybridized carbons (Fsp3) is 0.667. The quantitative estimate of drug-likeness (QED) is 0.873. The van der Waals surface area contributed by atoms with Gasteiger partial charge in [-0.1, -0.05) is 25.8 Å². The molecule has 0 saturated carbocycles. The molecule has 21 heavy (non-hydrogen) atoms. The second-order valence-corrected chi connectivity index (χ2v) is 6.47. The van der Waals surface area contributed by atoms with E-state index in [9.17, 15) is 0 Å². The Morgan fingerprint density at radius 1 is 1.38 bits per heavy atom. The molecule has 0 aromatic heterocycles. The number of unbranched alkanes of at least 4 members (excludes halogenated alkanes) is 1. The summed E-state index contributed by atoms with van der Waals surface area (Å²) in [4.78, 5) is 0. The Kier molecular flexibility index (Phi) is 5.73. The van der Waals surface area contributed by atoms with Crippen LogP contribution in [0.15, 0.2) is 18.2 Å². The van der Waals surface area contributed by atoms with Crippen LogP contribution in [0.3, 0.4) is 0 Å². The van der Waals surface area contributed by atoms with E-state index in [1.54, 1.807) is 18.2 Å². The largest absolute Gasteiger partial charge is 0.497 e. The summed E-state index contributed by atoms with van der Waals surface area (Å²) in [6.45, 7) is 4.67. The Bertz CT molecular complexity index is 476. The van der Waals surface area contributed by atoms with Gasteiger partial charge in [0.05, 0.1) is 7.11 Å². The van der Waals surface area contributed by atoms with Gasteiger partial charge in [0, 0.05) is 5.41 Å². The molecule has 0 radical (unpaired) electrons. The van der Waals surface area contributed by atoms with Gasteiger partial charge in [-0.25, -0.2) is 0 Å². The first kappa shape index (κ1) is 16.8. The number of hydrogen-bond donors (Lipinski definition) is 1. The summed E-state index contributed by atoms with van der Waals surface area (Å²) in [5.74, 6) is 1.83. The van der Waals surface area contributed by atoms with Crippen molar-refractivity contribution in [1.29, 1.82) is 0 Å². The van der Waals surface area contributed by atoms with Crippen LogP contribution in [0.5, 0.6) is 5.75 Å². The van der Waals surface area contributed by atoms with Crippen molar-refractivity contribution in [3.63, 3.8) is 0 Å². The Labute approximate surface area is 139 Å². The molecule has 1 aliphatic heterocycles. The van der Waals surface area contributed by atoms with Gasteiger partial charge in [-0.05, 0) is 68.0 Å². The van der Waals surface area contributed by atoms with Crippen molar-refractivity contribution in [1.82, 2.24) is 5.32 Å². The number of ether oxygens (including phenoxy) is 1. The van der Waals surface area contributed by atoms with Gasteiger partial charge in [0.1, 0.15) is 5.75 Å². The number of aryl methyl sites for hydroxylation is 1. The molecule has 2 atom stereocenters. The van der Waals surface area contributed by atoms with E-state index in [0.29, 0.717) is 5.41 Å². The lowest BCUT2D eigenvalue weighted by Crippen LogP contribution is -2.50. The van der Waals surface area contributed by atoms with Crippen molar-refractivity contribution in [3.05, 3.63) is 29.3 Å². The summed E-state index contributed by atoms with van der Waals surface area (Å²) in [5.41, 5.74) is 3.58. The highest BCUT2D eigenvalue weighted by Gasteiger charge is 2.44. The van der Waals surface area contributed by atoms with Crippen molar-refractivity contribution < 1.29 is 4.74 Å². The average molecular weight is 354 g/mol. The molecule has 1 aromatic carbocycles. The van der Waals surface area contributed by atoms with Crippen molar-refractivity contribution in [2.24, 2.45) is 5.92 Å². The maximum Gasteiger partial charge on any atom is 0.119 e. The molecule has 1 aromatic rings. The van der Waals surface area contributed by atoms with E-state index in [1.807, 2.05) is 0 Å². The third-order valence-electron chi connectivity index (χ3n) is 5.51. The van der Waals surface area contributed by atoms with Crippen molar-refractivity contribution >= 4 is 17.0 Å². The molecule has 1 N–H and O–H groups in total. The molecule has 1 fully saturated rings. The second-order valence-electron chi connectivity index (χ2n) is 6.47. The van der Waals surface area contributed by atoms with Gasteiger partial charge in [-0.3, -0.25) is 0 Å². The zero-order valence-electron chi connectivity index (χ0n) is 13.3. The van der Waals surface area contributed by atoms with Crippen molar-refractivity contribution in [3.8, 4) is 5.75 Å². The Balaban J connectivity index is 0.00000161. The highest BCUT2D eigenvalue weighted by atomic mass is 79.9. The van der Waals surface area contributed by atoms with Crippen molar-refractivity contribution in [2.45, 2.75) is 50.9 Å². The normalized spacial score (nSPS) is 27.2. The number of nitrogens with one attached hydrogen (secondary N) is 1. The van der Waals surface area contributed by atoms with Crippen LogP contribution in [0.25, 0.3) is 0 Å². The minimum absolute atomic E-state index is 0. The molecule has 118 valence electrons. The van der Waals surface area contributed by atoms with E-state index in [1.165, 1.54) is 45.1 Å². The molecule has 1 saturated heterocycles. The van der Waals surface area contributed by atoms with E-state index < -0.39 is 0 Å². The van der Waals surface area contributed by atoms with Crippen LogP contribution in [-0.4, -0.2) is 20.2 Å². The van der Waals surface area contributed by atoms with Gasteiger partial charge in [0.15, 0.2) is 0 Å². The first-order valence-electron chi connectivity index (χ1n) is 8.18. The van der Waals surface area contributed by atoms with Crippen LogP contribution >= 0.6 is 17.0 Å². The van der Waals surface area contributed by atoms with E-state index in [4.69, 9.17) is 4.74 Å². The van der Waals surface area contributed by atoms with Gasteiger partial charge < -0.3 is 10.1 Å². The molecule has 1 heterocycles. The number of benzene rings is 1. The number of fused-ring (bicyclic) bond motifs is 3. The summed E-state index contributed by atoms with van der Waals surface area (Å²) in [6.07, 6.45) is 7.85. The zero-order valence-corrected chi connectivity index (χ0v) is 15.0. The standard InChI is InChI=1S/C18H27NO.BrH/c1-3-4-9-18-10-11-19-13-15(18)7-5-14-6-8-16(20-2)12-17(14)18;/h6,8,12,15,19H,3-5,7,9-11,13H2,1-2H3;1H.